The first-order chi connectivity index (χ1) is 10.4. The topological polar surface area (TPSA) is 72.8 Å². The average Bonchev–Trinajstić information content (AvgIpc) is 2.90. The first-order valence-electron chi connectivity index (χ1n) is 6.71. The molecular weight excluding hydrogens is 330 g/mol. The maximum absolute atomic E-state index is 14.6. The van der Waals surface area contributed by atoms with E-state index in [2.05, 4.69) is 0 Å². The maximum Gasteiger partial charge on any atom is 0.369 e. The molecule has 0 radical (unpaired) electrons. The second kappa shape index (κ2) is 6.87. The van der Waals surface area contributed by atoms with Gasteiger partial charge < -0.3 is 14.2 Å². The van der Waals surface area contributed by atoms with Crippen molar-refractivity contribution in [1.82, 2.24) is 0 Å². The van der Waals surface area contributed by atoms with Crippen LogP contribution < -0.4 is 0 Å². The standard InChI is InChI=1S/C14H16FO5PS/c1-3-19-21(18,20-4-2)13(15)9-5-6-11-10(7-9)8-12(22-11)14(16)17/h5-8,13H,3-4H2,1-2H3,(H,16,17). The Hall–Kier alpha value is -1.27. The number of fused-ring (bicyclic) bond motifs is 1. The van der Waals surface area contributed by atoms with Gasteiger partial charge in [-0.2, -0.15) is 0 Å². The van der Waals surface area contributed by atoms with Crippen LogP contribution in [0.25, 0.3) is 10.1 Å². The van der Waals surface area contributed by atoms with Gasteiger partial charge >= 0.3 is 13.6 Å². The quantitative estimate of drug-likeness (QED) is 0.727. The second-order valence-corrected chi connectivity index (χ2v) is 7.56. The van der Waals surface area contributed by atoms with E-state index in [1.165, 1.54) is 18.2 Å². The predicted molar refractivity (Wildman–Crippen MR) is 83.5 cm³/mol. The Bertz CT molecular complexity index is 719. The molecule has 0 bridgehead atoms. The summed E-state index contributed by atoms with van der Waals surface area (Å²) in [6, 6.07) is 6.02. The van der Waals surface area contributed by atoms with Gasteiger partial charge in [0, 0.05) is 4.70 Å². The second-order valence-electron chi connectivity index (χ2n) is 4.42. The van der Waals surface area contributed by atoms with Crippen LogP contribution >= 0.6 is 18.9 Å². The van der Waals surface area contributed by atoms with Crippen molar-refractivity contribution >= 4 is 35.0 Å². The molecule has 5 nitrogen and oxygen atoms in total. The molecule has 2 rings (SSSR count). The SMILES string of the molecule is CCOP(=O)(OCC)C(F)c1ccc2sc(C(=O)O)cc2c1. The molecule has 1 unspecified atom stereocenters. The molecule has 1 atom stereocenters. The molecule has 0 saturated heterocycles. The number of carbonyl (C=O) groups is 1. The highest BCUT2D eigenvalue weighted by molar-refractivity contribution is 7.54. The fourth-order valence-electron chi connectivity index (χ4n) is 2.03. The van der Waals surface area contributed by atoms with Gasteiger partial charge in [-0.05, 0) is 43.0 Å². The Morgan fingerprint density at radius 2 is 1.95 bits per heavy atom. The van der Waals surface area contributed by atoms with Crippen LogP contribution in [-0.2, 0) is 13.6 Å². The summed E-state index contributed by atoms with van der Waals surface area (Å²) in [6.45, 7) is 3.36. The van der Waals surface area contributed by atoms with Crippen LogP contribution in [0.4, 0.5) is 4.39 Å². The number of carboxylic acid groups (broad SMARTS) is 1. The molecule has 8 heteroatoms. The number of benzene rings is 1. The van der Waals surface area contributed by atoms with E-state index in [0.29, 0.717) is 5.39 Å². The fourth-order valence-corrected chi connectivity index (χ4v) is 4.49. The van der Waals surface area contributed by atoms with Gasteiger partial charge in [0.2, 0.25) is 5.91 Å². The molecule has 0 aliphatic rings. The predicted octanol–water partition coefficient (Wildman–Crippen LogP) is 4.83. The van der Waals surface area contributed by atoms with Crippen LogP contribution in [0.15, 0.2) is 24.3 Å². The smallest absolute Gasteiger partial charge is 0.369 e. The van der Waals surface area contributed by atoms with Gasteiger partial charge in [-0.1, -0.05) is 6.07 Å². The van der Waals surface area contributed by atoms with E-state index < -0.39 is 19.5 Å². The Labute approximate surface area is 131 Å². The molecule has 0 spiro atoms. The summed E-state index contributed by atoms with van der Waals surface area (Å²) in [7, 11) is -3.90. The van der Waals surface area contributed by atoms with E-state index in [0.717, 1.165) is 16.0 Å². The summed E-state index contributed by atoms with van der Waals surface area (Å²) in [5.41, 5.74) is 0.146. The van der Waals surface area contributed by atoms with E-state index in [1.54, 1.807) is 19.9 Å². The van der Waals surface area contributed by atoms with E-state index in [-0.39, 0.29) is 23.7 Å². The number of alkyl halides is 1. The zero-order chi connectivity index (χ0) is 16.3. The van der Waals surface area contributed by atoms with Gasteiger partial charge in [-0.15, -0.1) is 11.3 Å². The third kappa shape index (κ3) is 3.38. The first-order valence-corrected chi connectivity index (χ1v) is 9.13. The molecular formula is C14H16FO5PS. The highest BCUT2D eigenvalue weighted by atomic mass is 32.1. The number of rotatable bonds is 7. The van der Waals surface area contributed by atoms with E-state index in [9.17, 15) is 13.8 Å². The minimum Gasteiger partial charge on any atom is -0.477 e. The highest BCUT2D eigenvalue weighted by Gasteiger charge is 2.37. The lowest BCUT2D eigenvalue weighted by atomic mass is 10.2. The van der Waals surface area contributed by atoms with Crippen molar-refractivity contribution in [2.75, 3.05) is 13.2 Å². The van der Waals surface area contributed by atoms with Gasteiger partial charge in [0.1, 0.15) is 4.88 Å². The Morgan fingerprint density at radius 3 is 2.50 bits per heavy atom. The molecule has 1 aromatic heterocycles. The van der Waals surface area contributed by atoms with Crippen molar-refractivity contribution in [2.24, 2.45) is 0 Å². The van der Waals surface area contributed by atoms with Gasteiger partial charge in [0.15, 0.2) is 0 Å². The summed E-state index contributed by atoms with van der Waals surface area (Å²) in [6.07, 6.45) is 0. The maximum atomic E-state index is 14.6. The largest absolute Gasteiger partial charge is 0.477 e. The summed E-state index contributed by atoms with van der Waals surface area (Å²) < 4.78 is 37.8. The fraction of sp³-hybridized carbons (Fsp3) is 0.357. The molecule has 120 valence electrons. The zero-order valence-corrected chi connectivity index (χ0v) is 13.8. The molecule has 2 aromatic rings. The van der Waals surface area contributed by atoms with E-state index >= 15 is 0 Å². The molecule has 0 amide bonds. The van der Waals surface area contributed by atoms with Crippen LogP contribution in [0.2, 0.25) is 0 Å². The number of carboxylic acids is 1. The van der Waals surface area contributed by atoms with Gasteiger partial charge in [0.25, 0.3) is 0 Å². The third-order valence-electron chi connectivity index (χ3n) is 2.92. The summed E-state index contributed by atoms with van der Waals surface area (Å²) in [5.74, 6) is -2.95. The monoisotopic (exact) mass is 346 g/mol. The Kier molecular flexibility index (Phi) is 5.34. The van der Waals surface area contributed by atoms with Crippen molar-refractivity contribution in [3.63, 3.8) is 0 Å². The Balaban J connectivity index is 2.40. The van der Waals surface area contributed by atoms with Crippen LogP contribution in [-0.4, -0.2) is 24.3 Å². The summed E-state index contributed by atoms with van der Waals surface area (Å²) >= 11 is 1.10. The lowest BCUT2D eigenvalue weighted by Gasteiger charge is -2.20. The number of thiophene rings is 1. The van der Waals surface area contributed by atoms with Crippen molar-refractivity contribution in [3.8, 4) is 0 Å². The number of aromatic carboxylic acids is 1. The van der Waals surface area contributed by atoms with Crippen LogP contribution in [0.5, 0.6) is 0 Å². The molecule has 0 fully saturated rings. The molecule has 1 aromatic carbocycles. The van der Waals surface area contributed by atoms with Crippen molar-refractivity contribution in [1.29, 1.82) is 0 Å². The number of hydrogen-bond acceptors (Lipinski definition) is 5. The zero-order valence-electron chi connectivity index (χ0n) is 12.1. The molecule has 0 saturated carbocycles. The lowest BCUT2D eigenvalue weighted by molar-refractivity contribution is 0.0702. The van der Waals surface area contributed by atoms with Crippen LogP contribution in [0.3, 0.4) is 0 Å². The molecule has 1 N–H and O–H groups in total. The summed E-state index contributed by atoms with van der Waals surface area (Å²) in [5, 5.41) is 9.57. The van der Waals surface area contributed by atoms with E-state index in [4.69, 9.17) is 14.2 Å². The van der Waals surface area contributed by atoms with Crippen LogP contribution in [0.1, 0.15) is 35.0 Å². The molecule has 1 heterocycles. The van der Waals surface area contributed by atoms with Crippen molar-refractivity contribution in [3.05, 3.63) is 34.7 Å². The minimum atomic E-state index is -3.90. The van der Waals surface area contributed by atoms with Gasteiger partial charge in [-0.3, -0.25) is 4.57 Å². The average molecular weight is 346 g/mol. The first kappa shape index (κ1) is 17.1. The molecule has 22 heavy (non-hydrogen) atoms. The lowest BCUT2D eigenvalue weighted by Crippen LogP contribution is -2.02. The van der Waals surface area contributed by atoms with Crippen molar-refractivity contribution < 1.29 is 27.9 Å². The number of halogens is 1. The number of hydrogen-bond donors (Lipinski definition) is 1. The van der Waals surface area contributed by atoms with Crippen molar-refractivity contribution in [2.45, 2.75) is 19.8 Å². The minimum absolute atomic E-state index is 0.0710. The Morgan fingerprint density at radius 1 is 1.32 bits per heavy atom. The van der Waals surface area contributed by atoms with E-state index in [1.807, 2.05) is 0 Å². The van der Waals surface area contributed by atoms with Crippen LogP contribution in [0, 0.1) is 0 Å². The highest BCUT2D eigenvalue weighted by Crippen LogP contribution is 2.61. The summed E-state index contributed by atoms with van der Waals surface area (Å²) in [4.78, 5) is 11.1. The normalized spacial score (nSPS) is 13.4. The molecule has 0 aliphatic heterocycles. The van der Waals surface area contributed by atoms with Gasteiger partial charge in [-0.25, -0.2) is 9.18 Å². The van der Waals surface area contributed by atoms with Gasteiger partial charge in [0.05, 0.1) is 13.2 Å². The third-order valence-corrected chi connectivity index (χ3v) is 6.12. The molecule has 0 aliphatic carbocycles.